The minimum atomic E-state index is -3.79. The zero-order valence-corrected chi connectivity index (χ0v) is 27.6. The summed E-state index contributed by atoms with van der Waals surface area (Å²) >= 11 is 0. The summed E-state index contributed by atoms with van der Waals surface area (Å²) in [7, 11) is -7.50. The second kappa shape index (κ2) is 12.1. The van der Waals surface area contributed by atoms with E-state index in [2.05, 4.69) is 9.29 Å². The van der Waals surface area contributed by atoms with E-state index in [1.807, 2.05) is 60.6 Å². The summed E-state index contributed by atoms with van der Waals surface area (Å²) in [6.07, 6.45) is 6.56. The third-order valence-corrected chi connectivity index (χ3v) is 12.5. The number of rotatable bonds is 9. The number of sulfonamides is 2. The molecule has 1 aromatic heterocycles. The van der Waals surface area contributed by atoms with Crippen LogP contribution in [0, 0.1) is 12.8 Å². The lowest BCUT2D eigenvalue weighted by atomic mass is 9.85. The number of nitrogens with zero attached hydrogens (tertiary/aromatic N) is 2. The molecule has 1 saturated heterocycles. The van der Waals surface area contributed by atoms with Crippen molar-refractivity contribution in [3.05, 3.63) is 35.5 Å². The van der Waals surface area contributed by atoms with Crippen molar-refractivity contribution in [2.24, 2.45) is 5.92 Å². The normalized spacial score (nSPS) is 18.6. The summed E-state index contributed by atoms with van der Waals surface area (Å²) in [5.74, 6) is 0.481. The van der Waals surface area contributed by atoms with Gasteiger partial charge in [-0.25, -0.2) is 21.6 Å². The van der Waals surface area contributed by atoms with Crippen molar-refractivity contribution in [1.29, 1.82) is 0 Å². The fourth-order valence-electron chi connectivity index (χ4n) is 5.91. The van der Waals surface area contributed by atoms with Crippen LogP contribution in [0.1, 0.15) is 91.3 Å². The fraction of sp³-hybridized carbons (Fsp3) is 0.677. The van der Waals surface area contributed by atoms with Gasteiger partial charge in [0.05, 0.1) is 18.1 Å². The number of hydrogen-bond donors (Lipinski definition) is 1. The van der Waals surface area contributed by atoms with Crippen LogP contribution in [0.15, 0.2) is 34.1 Å². The third kappa shape index (κ3) is 7.09. The van der Waals surface area contributed by atoms with Gasteiger partial charge < -0.3 is 9.30 Å². The Morgan fingerprint density at radius 2 is 1.56 bits per heavy atom. The molecule has 0 atom stereocenters. The minimum absolute atomic E-state index is 0.263. The summed E-state index contributed by atoms with van der Waals surface area (Å²) < 4.78 is 66.9. The molecular formula is C31H49N3O5S2. The Bertz CT molecular complexity index is 1440. The van der Waals surface area contributed by atoms with Crippen molar-refractivity contribution in [3.8, 4) is 11.3 Å². The van der Waals surface area contributed by atoms with E-state index < -0.39 is 31.0 Å². The summed E-state index contributed by atoms with van der Waals surface area (Å²) in [4.78, 5) is 0.587. The summed E-state index contributed by atoms with van der Waals surface area (Å²) in [6, 6.07) is 7.27. The van der Waals surface area contributed by atoms with E-state index >= 15 is 0 Å². The maximum atomic E-state index is 13.8. The molecule has 1 aromatic carbocycles. The molecule has 41 heavy (non-hydrogen) atoms. The van der Waals surface area contributed by atoms with Gasteiger partial charge in [-0.3, -0.25) is 0 Å². The van der Waals surface area contributed by atoms with Gasteiger partial charge in [-0.2, -0.15) is 4.31 Å². The van der Waals surface area contributed by atoms with Crippen LogP contribution in [0.2, 0.25) is 0 Å². The van der Waals surface area contributed by atoms with E-state index in [-0.39, 0.29) is 4.90 Å². The molecule has 2 aliphatic rings. The van der Waals surface area contributed by atoms with E-state index in [1.54, 1.807) is 12.1 Å². The molecule has 10 heteroatoms. The molecule has 4 rings (SSSR count). The number of ether oxygens (including phenoxy) is 1. The molecule has 2 aromatic rings. The SMILES string of the molecule is CCC(C)(C)NS(=O)(=O)c1ccc(-c2cc(S(=O)(=O)N3CCOCC3)c(C)n2CC2CCCCC2)cc1C(C)(C)C. The molecular weight excluding hydrogens is 558 g/mol. The van der Waals surface area contributed by atoms with Gasteiger partial charge in [-0.05, 0) is 80.7 Å². The van der Waals surface area contributed by atoms with Crippen LogP contribution < -0.4 is 4.72 Å². The molecule has 1 N–H and O–H groups in total. The van der Waals surface area contributed by atoms with Crippen LogP contribution in [-0.4, -0.2) is 57.6 Å². The molecule has 2 fully saturated rings. The van der Waals surface area contributed by atoms with Gasteiger partial charge in [0.2, 0.25) is 20.0 Å². The Labute approximate surface area is 248 Å². The van der Waals surface area contributed by atoms with Gasteiger partial charge in [0.25, 0.3) is 0 Å². The predicted molar refractivity (Wildman–Crippen MR) is 164 cm³/mol. The van der Waals surface area contributed by atoms with Gasteiger partial charge in [-0.1, -0.05) is 53.0 Å². The van der Waals surface area contributed by atoms with Crippen LogP contribution >= 0.6 is 0 Å². The van der Waals surface area contributed by atoms with Gasteiger partial charge >= 0.3 is 0 Å². The zero-order chi connectivity index (χ0) is 30.2. The average Bonchev–Trinajstić information content (AvgIpc) is 3.24. The molecule has 8 nitrogen and oxygen atoms in total. The highest BCUT2D eigenvalue weighted by atomic mass is 32.2. The lowest BCUT2D eigenvalue weighted by Gasteiger charge is -2.28. The molecule has 1 aliphatic heterocycles. The maximum absolute atomic E-state index is 13.8. The Hall–Kier alpha value is -1.72. The molecule has 0 unspecified atom stereocenters. The zero-order valence-electron chi connectivity index (χ0n) is 25.9. The van der Waals surface area contributed by atoms with Gasteiger partial charge in [-0.15, -0.1) is 0 Å². The molecule has 230 valence electrons. The first-order valence-electron chi connectivity index (χ1n) is 15.0. The topological polar surface area (TPSA) is 97.7 Å². The van der Waals surface area contributed by atoms with E-state index in [9.17, 15) is 16.8 Å². The molecule has 1 saturated carbocycles. The molecule has 1 aliphatic carbocycles. The number of nitrogens with one attached hydrogen (secondary N) is 1. The number of hydrogen-bond acceptors (Lipinski definition) is 5. The molecule has 0 radical (unpaired) electrons. The highest BCUT2D eigenvalue weighted by Crippen LogP contribution is 2.38. The number of aromatic nitrogens is 1. The largest absolute Gasteiger partial charge is 0.379 e. The van der Waals surface area contributed by atoms with Crippen molar-refractivity contribution >= 4 is 20.0 Å². The van der Waals surface area contributed by atoms with Crippen LogP contribution in [0.25, 0.3) is 11.3 Å². The number of morpholine rings is 1. The van der Waals surface area contributed by atoms with Crippen molar-refractivity contribution in [3.63, 3.8) is 0 Å². The minimum Gasteiger partial charge on any atom is -0.379 e. The molecule has 0 bridgehead atoms. The molecule has 0 spiro atoms. The highest BCUT2D eigenvalue weighted by molar-refractivity contribution is 7.89. The smallest absolute Gasteiger partial charge is 0.245 e. The van der Waals surface area contributed by atoms with Crippen LogP contribution in [0.4, 0.5) is 0 Å². The molecule has 2 heterocycles. The summed E-state index contributed by atoms with van der Waals surface area (Å²) in [6.45, 7) is 15.9. The maximum Gasteiger partial charge on any atom is 0.245 e. The Kier molecular flexibility index (Phi) is 9.51. The van der Waals surface area contributed by atoms with Crippen molar-refractivity contribution in [2.75, 3.05) is 26.3 Å². The van der Waals surface area contributed by atoms with E-state index in [4.69, 9.17) is 4.74 Å². The summed E-state index contributed by atoms with van der Waals surface area (Å²) in [5, 5.41) is 0. The van der Waals surface area contributed by atoms with Crippen LogP contribution in [-0.2, 0) is 36.7 Å². The van der Waals surface area contributed by atoms with Crippen LogP contribution in [0.5, 0.6) is 0 Å². The Balaban J connectivity index is 1.86. The lowest BCUT2D eigenvalue weighted by Crippen LogP contribution is -2.43. The quantitative estimate of drug-likeness (QED) is 0.387. The Morgan fingerprint density at radius 1 is 0.927 bits per heavy atom. The van der Waals surface area contributed by atoms with E-state index in [1.165, 1.54) is 23.6 Å². The monoisotopic (exact) mass is 607 g/mol. The number of benzene rings is 1. The first-order chi connectivity index (χ1) is 19.1. The molecule has 0 amide bonds. The second-order valence-corrected chi connectivity index (χ2v) is 17.0. The van der Waals surface area contributed by atoms with Crippen molar-refractivity contribution in [2.45, 2.75) is 114 Å². The van der Waals surface area contributed by atoms with Gasteiger partial charge in [0, 0.05) is 36.6 Å². The highest BCUT2D eigenvalue weighted by Gasteiger charge is 2.34. The fourth-order valence-corrected chi connectivity index (χ4v) is 9.45. The van der Waals surface area contributed by atoms with E-state index in [0.29, 0.717) is 49.1 Å². The summed E-state index contributed by atoms with van der Waals surface area (Å²) in [5.41, 5.74) is 2.03. The first-order valence-corrected chi connectivity index (χ1v) is 18.0. The first kappa shape index (κ1) is 32.2. The predicted octanol–water partition coefficient (Wildman–Crippen LogP) is 5.83. The third-order valence-electron chi connectivity index (χ3n) is 8.74. The Morgan fingerprint density at radius 3 is 2.15 bits per heavy atom. The standard InChI is InChI=1S/C31H49N3O5S2/c1-8-31(6,7)32-40(35,36)28-15-14-25(20-26(28)30(3,4)5)27-21-29(41(37,38)33-16-18-39-19-17-33)23(2)34(27)22-24-12-10-9-11-13-24/h14-15,20-21,24,32H,8-13,16-19,22H2,1-7H3. The van der Waals surface area contributed by atoms with Crippen molar-refractivity contribution in [1.82, 2.24) is 13.6 Å². The van der Waals surface area contributed by atoms with Gasteiger partial charge in [0.1, 0.15) is 4.90 Å². The average molecular weight is 608 g/mol. The second-order valence-electron chi connectivity index (χ2n) is 13.4. The van der Waals surface area contributed by atoms with E-state index in [0.717, 1.165) is 36.3 Å². The van der Waals surface area contributed by atoms with Crippen molar-refractivity contribution < 1.29 is 21.6 Å². The lowest BCUT2D eigenvalue weighted by molar-refractivity contribution is 0.0730. The van der Waals surface area contributed by atoms with Crippen LogP contribution in [0.3, 0.4) is 0 Å². The van der Waals surface area contributed by atoms with Gasteiger partial charge in [0.15, 0.2) is 0 Å².